The lowest BCUT2D eigenvalue weighted by molar-refractivity contribution is 0.102. The summed E-state index contributed by atoms with van der Waals surface area (Å²) in [6.45, 7) is 4.17. The molecule has 0 fully saturated rings. The van der Waals surface area contributed by atoms with Crippen molar-refractivity contribution in [2.24, 2.45) is 0 Å². The van der Waals surface area contributed by atoms with E-state index in [1.165, 1.54) is 23.4 Å². The number of fused-ring (bicyclic) bond motifs is 1. The minimum atomic E-state index is -0.235. The fourth-order valence-corrected chi connectivity index (χ4v) is 3.04. The second kappa shape index (κ2) is 6.85. The normalized spacial score (nSPS) is 10.9. The van der Waals surface area contributed by atoms with Gasteiger partial charge in [-0.2, -0.15) is 0 Å². The Morgan fingerprint density at radius 2 is 1.78 bits per heavy atom. The molecule has 2 heterocycles. The molecule has 0 unspecified atom stereocenters. The van der Waals surface area contributed by atoms with Gasteiger partial charge in [-0.1, -0.05) is 11.6 Å². The van der Waals surface area contributed by atoms with Crippen molar-refractivity contribution in [1.29, 1.82) is 0 Å². The zero-order valence-electron chi connectivity index (χ0n) is 14.9. The van der Waals surface area contributed by atoms with Crippen LogP contribution in [0.25, 0.3) is 22.4 Å². The Hall–Kier alpha value is -3.18. The largest absolute Gasteiger partial charge is 0.338 e. The fourth-order valence-electron chi connectivity index (χ4n) is 2.86. The number of nitrogens with zero attached hydrogens (tertiary/aromatic N) is 2. The van der Waals surface area contributed by atoms with Crippen molar-refractivity contribution in [2.75, 3.05) is 5.32 Å². The number of rotatable bonds is 3. The Kier molecular flexibility index (Phi) is 4.38. The monoisotopic (exact) mass is 376 g/mol. The summed E-state index contributed by atoms with van der Waals surface area (Å²) in [5.41, 5.74) is 6.51. The van der Waals surface area contributed by atoms with Gasteiger partial charge >= 0.3 is 0 Å². The number of aromatic nitrogens is 3. The molecular formula is C21H17ClN4O. The van der Waals surface area contributed by atoms with Crippen LogP contribution in [0.5, 0.6) is 0 Å². The number of imidazole rings is 1. The van der Waals surface area contributed by atoms with Crippen LogP contribution in [0.2, 0.25) is 5.15 Å². The van der Waals surface area contributed by atoms with Gasteiger partial charge in [-0.05, 0) is 73.5 Å². The number of carbonyl (C=O) groups excluding carboxylic acids is 1. The fraction of sp³-hybridized carbons (Fsp3) is 0.0952. The molecule has 134 valence electrons. The minimum absolute atomic E-state index is 0.235. The summed E-state index contributed by atoms with van der Waals surface area (Å²) >= 11 is 5.83. The third-order valence-electron chi connectivity index (χ3n) is 4.50. The number of benzene rings is 2. The lowest BCUT2D eigenvalue weighted by Gasteiger charge is -2.06. The van der Waals surface area contributed by atoms with Crippen LogP contribution in [0.1, 0.15) is 21.5 Å². The van der Waals surface area contributed by atoms with Crippen LogP contribution in [-0.2, 0) is 0 Å². The summed E-state index contributed by atoms with van der Waals surface area (Å²) in [6, 6.07) is 14.9. The molecule has 0 bridgehead atoms. The Labute approximate surface area is 161 Å². The summed E-state index contributed by atoms with van der Waals surface area (Å²) in [4.78, 5) is 24.2. The SMILES string of the molecule is Cc1cc2nc(-c3ccc(NC(=O)c4ccnc(Cl)c4)cc3)[nH]c2cc1C. The molecule has 4 rings (SSSR count). The van der Waals surface area contributed by atoms with Crippen molar-refractivity contribution in [2.45, 2.75) is 13.8 Å². The van der Waals surface area contributed by atoms with Crippen LogP contribution in [0.3, 0.4) is 0 Å². The molecule has 0 saturated carbocycles. The first-order valence-corrected chi connectivity index (χ1v) is 8.88. The summed E-state index contributed by atoms with van der Waals surface area (Å²) < 4.78 is 0. The van der Waals surface area contributed by atoms with E-state index in [4.69, 9.17) is 11.6 Å². The number of hydrogen-bond acceptors (Lipinski definition) is 3. The topological polar surface area (TPSA) is 70.7 Å². The molecule has 2 aromatic carbocycles. The van der Waals surface area contributed by atoms with E-state index >= 15 is 0 Å². The highest BCUT2D eigenvalue weighted by Gasteiger charge is 2.09. The quantitative estimate of drug-likeness (QED) is 0.486. The van der Waals surface area contributed by atoms with Crippen LogP contribution >= 0.6 is 11.6 Å². The molecular weight excluding hydrogens is 360 g/mol. The smallest absolute Gasteiger partial charge is 0.255 e. The number of pyridine rings is 1. The maximum Gasteiger partial charge on any atom is 0.255 e. The molecule has 0 aliphatic heterocycles. The number of hydrogen-bond donors (Lipinski definition) is 2. The Morgan fingerprint density at radius 3 is 2.52 bits per heavy atom. The first-order chi connectivity index (χ1) is 13.0. The Morgan fingerprint density at radius 1 is 1.04 bits per heavy atom. The molecule has 6 heteroatoms. The number of aryl methyl sites for hydroxylation is 2. The number of anilines is 1. The number of amides is 1. The minimum Gasteiger partial charge on any atom is -0.338 e. The molecule has 1 amide bonds. The maximum absolute atomic E-state index is 12.3. The number of nitrogens with one attached hydrogen (secondary N) is 2. The van der Waals surface area contributed by atoms with E-state index in [0.29, 0.717) is 11.3 Å². The average Bonchev–Trinajstić information content (AvgIpc) is 3.05. The number of halogens is 1. The van der Waals surface area contributed by atoms with Crippen molar-refractivity contribution in [3.8, 4) is 11.4 Å². The molecule has 0 radical (unpaired) electrons. The lowest BCUT2D eigenvalue weighted by atomic mass is 10.1. The standard InChI is InChI=1S/C21H17ClN4O/c1-12-9-17-18(10-13(12)2)26-20(25-17)14-3-5-16(6-4-14)24-21(27)15-7-8-23-19(22)11-15/h3-11H,1-2H3,(H,24,27)(H,25,26). The van der Waals surface area contributed by atoms with E-state index in [-0.39, 0.29) is 11.1 Å². The van der Waals surface area contributed by atoms with Crippen LogP contribution < -0.4 is 5.32 Å². The van der Waals surface area contributed by atoms with Gasteiger partial charge in [-0.25, -0.2) is 9.97 Å². The van der Waals surface area contributed by atoms with Gasteiger partial charge in [0.15, 0.2) is 0 Å². The lowest BCUT2D eigenvalue weighted by Crippen LogP contribution is -2.11. The molecule has 0 spiro atoms. The van der Waals surface area contributed by atoms with E-state index in [1.807, 2.05) is 24.3 Å². The van der Waals surface area contributed by atoms with Crippen molar-refractivity contribution in [3.05, 3.63) is 76.6 Å². The number of aromatic amines is 1. The third-order valence-corrected chi connectivity index (χ3v) is 4.71. The second-order valence-electron chi connectivity index (χ2n) is 6.44. The number of H-pyrrole nitrogens is 1. The molecule has 0 saturated heterocycles. The molecule has 0 atom stereocenters. The van der Waals surface area contributed by atoms with Gasteiger partial charge in [0.05, 0.1) is 11.0 Å². The van der Waals surface area contributed by atoms with Gasteiger partial charge in [0.25, 0.3) is 5.91 Å². The molecule has 5 nitrogen and oxygen atoms in total. The van der Waals surface area contributed by atoms with Gasteiger partial charge in [0, 0.05) is 23.0 Å². The zero-order chi connectivity index (χ0) is 19.0. The van der Waals surface area contributed by atoms with Gasteiger partial charge < -0.3 is 10.3 Å². The Balaban J connectivity index is 1.56. The van der Waals surface area contributed by atoms with E-state index in [9.17, 15) is 4.79 Å². The first-order valence-electron chi connectivity index (χ1n) is 8.50. The van der Waals surface area contributed by atoms with Crippen molar-refractivity contribution in [1.82, 2.24) is 15.0 Å². The highest BCUT2D eigenvalue weighted by Crippen LogP contribution is 2.24. The molecule has 2 N–H and O–H groups in total. The number of carbonyl (C=O) groups is 1. The maximum atomic E-state index is 12.3. The summed E-state index contributed by atoms with van der Waals surface area (Å²) in [7, 11) is 0. The predicted octanol–water partition coefficient (Wildman–Crippen LogP) is 5.15. The van der Waals surface area contributed by atoms with E-state index in [2.05, 4.69) is 46.2 Å². The van der Waals surface area contributed by atoms with Gasteiger partial charge in [0.1, 0.15) is 11.0 Å². The van der Waals surface area contributed by atoms with Crippen molar-refractivity contribution >= 4 is 34.2 Å². The summed E-state index contributed by atoms with van der Waals surface area (Å²) in [6.07, 6.45) is 1.51. The second-order valence-corrected chi connectivity index (χ2v) is 6.82. The van der Waals surface area contributed by atoms with E-state index < -0.39 is 0 Å². The van der Waals surface area contributed by atoms with Gasteiger partial charge in [-0.15, -0.1) is 0 Å². The van der Waals surface area contributed by atoms with Crippen LogP contribution in [0.4, 0.5) is 5.69 Å². The summed E-state index contributed by atoms with van der Waals surface area (Å²) in [5, 5.41) is 3.14. The molecule has 4 aromatic rings. The van der Waals surface area contributed by atoms with Crippen LogP contribution in [-0.4, -0.2) is 20.9 Å². The van der Waals surface area contributed by atoms with E-state index in [0.717, 1.165) is 22.4 Å². The molecule has 27 heavy (non-hydrogen) atoms. The van der Waals surface area contributed by atoms with Crippen LogP contribution in [0, 0.1) is 13.8 Å². The third kappa shape index (κ3) is 3.55. The van der Waals surface area contributed by atoms with Crippen molar-refractivity contribution in [3.63, 3.8) is 0 Å². The average molecular weight is 377 g/mol. The first kappa shape index (κ1) is 17.2. The highest BCUT2D eigenvalue weighted by molar-refractivity contribution is 6.29. The summed E-state index contributed by atoms with van der Waals surface area (Å²) in [5.74, 6) is 0.565. The molecule has 0 aliphatic carbocycles. The van der Waals surface area contributed by atoms with E-state index in [1.54, 1.807) is 6.07 Å². The predicted molar refractivity (Wildman–Crippen MR) is 108 cm³/mol. The molecule has 2 aromatic heterocycles. The van der Waals surface area contributed by atoms with Gasteiger partial charge in [-0.3, -0.25) is 4.79 Å². The van der Waals surface area contributed by atoms with Gasteiger partial charge in [0.2, 0.25) is 0 Å². The highest BCUT2D eigenvalue weighted by atomic mass is 35.5. The zero-order valence-corrected chi connectivity index (χ0v) is 15.6. The molecule has 0 aliphatic rings. The van der Waals surface area contributed by atoms with Crippen LogP contribution in [0.15, 0.2) is 54.7 Å². The Bertz CT molecular complexity index is 1110. The van der Waals surface area contributed by atoms with Crippen molar-refractivity contribution < 1.29 is 4.79 Å².